The van der Waals surface area contributed by atoms with Crippen molar-refractivity contribution in [3.8, 4) is 5.75 Å². The van der Waals surface area contributed by atoms with Gasteiger partial charge in [0.15, 0.2) is 0 Å². The van der Waals surface area contributed by atoms with Crippen LogP contribution >= 0.6 is 11.6 Å². The highest BCUT2D eigenvalue weighted by atomic mass is 35.5. The molecule has 0 saturated heterocycles. The zero-order chi connectivity index (χ0) is 18.2. The summed E-state index contributed by atoms with van der Waals surface area (Å²) in [7, 11) is 0. The van der Waals surface area contributed by atoms with Crippen LogP contribution in [0.2, 0.25) is 0 Å². The molecule has 0 bridgehead atoms. The van der Waals surface area contributed by atoms with Gasteiger partial charge < -0.3 is 4.74 Å². The summed E-state index contributed by atoms with van der Waals surface area (Å²) < 4.78 is 5.49. The van der Waals surface area contributed by atoms with Crippen molar-refractivity contribution in [3.05, 3.63) is 109 Å². The molecule has 1 nitrogen and oxygen atoms in total. The molecule has 0 aromatic heterocycles. The number of hydrogen-bond acceptors (Lipinski definition) is 1. The van der Waals surface area contributed by atoms with E-state index in [2.05, 4.69) is 67.6 Å². The van der Waals surface area contributed by atoms with E-state index >= 15 is 0 Å². The molecule has 0 aliphatic heterocycles. The number of benzene rings is 3. The highest BCUT2D eigenvalue weighted by molar-refractivity contribution is 6.18. The Morgan fingerprint density at radius 3 is 1.81 bits per heavy atom. The lowest BCUT2D eigenvalue weighted by Crippen LogP contribution is -1.97. The molecule has 3 aromatic rings. The fourth-order valence-corrected chi connectivity index (χ4v) is 3.29. The number of ether oxygens (including phenoxy) is 1. The monoisotopic (exact) mass is 361 g/mol. The van der Waals surface area contributed by atoms with Crippen molar-refractivity contribution in [3.63, 3.8) is 0 Å². The van der Waals surface area contributed by atoms with Gasteiger partial charge in [-0.2, -0.15) is 0 Å². The van der Waals surface area contributed by atoms with Crippen LogP contribution in [0, 0.1) is 6.92 Å². The SMILES string of the molecule is [CH2]COc1ccc(C(=C(CCCl)c2ccccc2)c2ccccc2)cc1. The van der Waals surface area contributed by atoms with E-state index < -0.39 is 0 Å². The number of allylic oxidation sites excluding steroid dienone is 1. The molecule has 3 aromatic carbocycles. The van der Waals surface area contributed by atoms with E-state index in [0.29, 0.717) is 12.5 Å². The lowest BCUT2D eigenvalue weighted by atomic mass is 9.88. The van der Waals surface area contributed by atoms with Gasteiger partial charge in [-0.15, -0.1) is 11.6 Å². The fourth-order valence-electron chi connectivity index (χ4n) is 3.10. The van der Waals surface area contributed by atoms with Gasteiger partial charge in [0, 0.05) is 5.88 Å². The van der Waals surface area contributed by atoms with Crippen molar-refractivity contribution < 1.29 is 4.74 Å². The average Bonchev–Trinajstić information content (AvgIpc) is 2.70. The van der Waals surface area contributed by atoms with E-state index in [4.69, 9.17) is 16.3 Å². The standard InChI is InChI=1S/C24H22ClO/c1-2-26-22-15-13-21(14-16-22)24(20-11-7-4-8-12-20)23(17-18-25)19-9-5-3-6-10-19/h3-16H,1-2,17-18H2. The van der Waals surface area contributed by atoms with Crippen molar-refractivity contribution in [2.75, 3.05) is 12.5 Å². The van der Waals surface area contributed by atoms with E-state index in [9.17, 15) is 0 Å². The molecular weight excluding hydrogens is 340 g/mol. The highest BCUT2D eigenvalue weighted by Gasteiger charge is 2.13. The topological polar surface area (TPSA) is 9.23 Å². The summed E-state index contributed by atoms with van der Waals surface area (Å²) in [5.41, 5.74) is 5.99. The number of alkyl halides is 1. The van der Waals surface area contributed by atoms with Crippen LogP contribution in [0.5, 0.6) is 5.75 Å². The molecule has 0 aliphatic rings. The van der Waals surface area contributed by atoms with Crippen molar-refractivity contribution in [2.45, 2.75) is 6.42 Å². The van der Waals surface area contributed by atoms with E-state index in [0.717, 1.165) is 17.7 Å². The first kappa shape index (κ1) is 18.3. The zero-order valence-corrected chi connectivity index (χ0v) is 15.5. The van der Waals surface area contributed by atoms with Gasteiger partial charge in [0.1, 0.15) is 5.75 Å². The highest BCUT2D eigenvalue weighted by Crippen LogP contribution is 2.35. The minimum atomic E-state index is 0.419. The van der Waals surface area contributed by atoms with E-state index in [1.807, 2.05) is 24.3 Å². The van der Waals surface area contributed by atoms with Crippen molar-refractivity contribution in [1.82, 2.24) is 0 Å². The predicted molar refractivity (Wildman–Crippen MR) is 111 cm³/mol. The van der Waals surface area contributed by atoms with Crippen molar-refractivity contribution in [1.29, 1.82) is 0 Å². The zero-order valence-electron chi connectivity index (χ0n) is 14.7. The maximum absolute atomic E-state index is 6.17. The average molecular weight is 362 g/mol. The number of hydrogen-bond donors (Lipinski definition) is 0. The summed E-state index contributed by atoms with van der Waals surface area (Å²) in [6.07, 6.45) is 0.799. The second-order valence-corrected chi connectivity index (χ2v) is 6.28. The van der Waals surface area contributed by atoms with Crippen LogP contribution in [-0.4, -0.2) is 12.5 Å². The van der Waals surface area contributed by atoms with Gasteiger partial charge in [-0.05, 0) is 53.3 Å². The van der Waals surface area contributed by atoms with Gasteiger partial charge in [-0.1, -0.05) is 72.8 Å². The summed E-state index contributed by atoms with van der Waals surface area (Å²) >= 11 is 6.17. The van der Waals surface area contributed by atoms with Crippen LogP contribution in [0.1, 0.15) is 23.1 Å². The first-order valence-electron chi connectivity index (χ1n) is 8.76. The first-order valence-corrected chi connectivity index (χ1v) is 9.29. The molecule has 0 saturated carbocycles. The summed E-state index contributed by atoms with van der Waals surface area (Å²) in [5, 5.41) is 0. The molecular formula is C24H22ClO. The normalized spacial score (nSPS) is 11.8. The molecule has 0 aliphatic carbocycles. The van der Waals surface area contributed by atoms with Crippen molar-refractivity contribution >= 4 is 22.7 Å². The smallest absolute Gasteiger partial charge is 0.119 e. The second-order valence-electron chi connectivity index (χ2n) is 5.90. The lowest BCUT2D eigenvalue weighted by Gasteiger charge is -2.17. The predicted octanol–water partition coefficient (Wildman–Crippen LogP) is 6.49. The van der Waals surface area contributed by atoms with Crippen molar-refractivity contribution in [2.24, 2.45) is 0 Å². The second kappa shape index (κ2) is 9.26. The molecule has 0 spiro atoms. The van der Waals surface area contributed by atoms with Gasteiger partial charge in [-0.3, -0.25) is 0 Å². The quantitative estimate of drug-likeness (QED) is 0.345. The van der Waals surface area contributed by atoms with Gasteiger partial charge in [0.05, 0.1) is 6.61 Å². The van der Waals surface area contributed by atoms with Gasteiger partial charge in [0.2, 0.25) is 0 Å². The molecule has 0 atom stereocenters. The first-order chi connectivity index (χ1) is 12.8. The Bertz CT molecular complexity index is 836. The molecule has 2 heteroatoms. The Labute approximate surface area is 160 Å². The van der Waals surface area contributed by atoms with Crippen LogP contribution < -0.4 is 4.74 Å². The molecule has 0 unspecified atom stereocenters. The minimum Gasteiger partial charge on any atom is -0.494 e. The Hall–Kier alpha value is -2.51. The molecule has 0 N–H and O–H groups in total. The summed E-state index contributed by atoms with van der Waals surface area (Å²) in [6.45, 7) is 4.15. The molecule has 0 fully saturated rings. The van der Waals surface area contributed by atoms with Gasteiger partial charge in [0.25, 0.3) is 0 Å². The van der Waals surface area contributed by atoms with Crippen LogP contribution in [-0.2, 0) is 0 Å². The van der Waals surface area contributed by atoms with Gasteiger partial charge >= 0.3 is 0 Å². The molecule has 131 valence electrons. The number of halogens is 1. The van der Waals surface area contributed by atoms with Gasteiger partial charge in [-0.25, -0.2) is 0 Å². The Morgan fingerprint density at radius 1 is 0.731 bits per heavy atom. The van der Waals surface area contributed by atoms with E-state index in [-0.39, 0.29) is 0 Å². The molecule has 3 rings (SSSR count). The van der Waals surface area contributed by atoms with Crippen LogP contribution in [0.15, 0.2) is 84.9 Å². The Balaban J connectivity index is 2.19. The maximum atomic E-state index is 6.17. The third kappa shape index (κ3) is 4.36. The lowest BCUT2D eigenvalue weighted by molar-refractivity contribution is 0.361. The Morgan fingerprint density at radius 2 is 1.27 bits per heavy atom. The summed E-state index contributed by atoms with van der Waals surface area (Å²) in [5.74, 6) is 1.40. The molecule has 26 heavy (non-hydrogen) atoms. The van der Waals surface area contributed by atoms with Crippen LogP contribution in [0.4, 0.5) is 0 Å². The third-order valence-electron chi connectivity index (χ3n) is 4.24. The molecule has 0 amide bonds. The minimum absolute atomic E-state index is 0.419. The number of rotatable bonds is 7. The third-order valence-corrected chi connectivity index (χ3v) is 4.43. The maximum Gasteiger partial charge on any atom is 0.119 e. The largest absolute Gasteiger partial charge is 0.494 e. The fraction of sp³-hybridized carbons (Fsp3) is 0.125. The van der Waals surface area contributed by atoms with E-state index in [1.165, 1.54) is 22.3 Å². The summed E-state index contributed by atoms with van der Waals surface area (Å²) in [4.78, 5) is 0. The van der Waals surface area contributed by atoms with Crippen LogP contribution in [0.25, 0.3) is 11.1 Å². The van der Waals surface area contributed by atoms with E-state index in [1.54, 1.807) is 0 Å². The summed E-state index contributed by atoms with van der Waals surface area (Å²) in [6, 6.07) is 29.1. The molecule has 0 heterocycles. The molecule has 1 radical (unpaired) electrons. The Kier molecular flexibility index (Phi) is 6.51. The van der Waals surface area contributed by atoms with Crippen LogP contribution in [0.3, 0.4) is 0 Å².